The first kappa shape index (κ1) is 18.4. The van der Waals surface area contributed by atoms with E-state index in [1.807, 2.05) is 51.3 Å². The van der Waals surface area contributed by atoms with Gasteiger partial charge in [-0.1, -0.05) is 0 Å². The van der Waals surface area contributed by atoms with Crippen molar-refractivity contribution in [3.63, 3.8) is 0 Å². The molecule has 1 rings (SSSR count). The second-order valence-electron chi connectivity index (χ2n) is 5.80. The van der Waals surface area contributed by atoms with Crippen LogP contribution >= 0.6 is 11.8 Å². The summed E-state index contributed by atoms with van der Waals surface area (Å²) in [6.07, 6.45) is 2.84. The molecule has 0 saturated carbocycles. The maximum absolute atomic E-state index is 11.7. The summed E-state index contributed by atoms with van der Waals surface area (Å²) in [5.41, 5.74) is 0.271. The fourth-order valence-electron chi connectivity index (χ4n) is 1.68. The van der Waals surface area contributed by atoms with Gasteiger partial charge in [0, 0.05) is 23.5 Å². The van der Waals surface area contributed by atoms with Crippen molar-refractivity contribution in [2.45, 2.75) is 44.1 Å². The third-order valence-electron chi connectivity index (χ3n) is 2.61. The van der Waals surface area contributed by atoms with E-state index in [1.165, 1.54) is 0 Å². The highest BCUT2D eigenvalue weighted by molar-refractivity contribution is 7.98. The topological polar surface area (TPSA) is 67.4 Å². The molecule has 122 valence electrons. The van der Waals surface area contributed by atoms with Gasteiger partial charge in [-0.2, -0.15) is 0 Å². The average Bonchev–Trinajstić information content (AvgIpc) is 2.42. The molecule has 0 aliphatic carbocycles. The Morgan fingerprint density at radius 2 is 1.82 bits per heavy atom. The van der Waals surface area contributed by atoms with Crippen LogP contribution < -0.4 is 10.6 Å². The van der Waals surface area contributed by atoms with Gasteiger partial charge >= 0.3 is 12.0 Å². The summed E-state index contributed by atoms with van der Waals surface area (Å²) in [6, 6.07) is 7.32. The summed E-state index contributed by atoms with van der Waals surface area (Å²) in [5, 5.41) is 5.46. The number of nitrogens with one attached hydrogen (secondary N) is 2. The number of thioether (sulfide) groups is 1. The van der Waals surface area contributed by atoms with E-state index in [4.69, 9.17) is 4.74 Å². The van der Waals surface area contributed by atoms with Crippen molar-refractivity contribution in [2.24, 2.45) is 0 Å². The van der Waals surface area contributed by atoms with Gasteiger partial charge in [-0.3, -0.25) is 4.79 Å². The van der Waals surface area contributed by atoms with E-state index in [-0.39, 0.29) is 12.0 Å². The lowest BCUT2D eigenvalue weighted by Crippen LogP contribution is -2.30. The molecule has 0 heterocycles. The van der Waals surface area contributed by atoms with Crippen LogP contribution in [0.25, 0.3) is 0 Å². The smallest absolute Gasteiger partial charge is 0.319 e. The third kappa shape index (κ3) is 7.93. The Labute approximate surface area is 136 Å². The van der Waals surface area contributed by atoms with E-state index in [0.717, 1.165) is 10.6 Å². The number of hydrogen-bond donors (Lipinski definition) is 2. The van der Waals surface area contributed by atoms with Crippen molar-refractivity contribution in [3.8, 4) is 0 Å². The first-order valence-electron chi connectivity index (χ1n) is 7.21. The molecule has 1 aromatic carbocycles. The van der Waals surface area contributed by atoms with Crippen LogP contribution in [0.3, 0.4) is 0 Å². The van der Waals surface area contributed by atoms with Crippen LogP contribution in [0, 0.1) is 0 Å². The third-order valence-corrected chi connectivity index (χ3v) is 3.35. The monoisotopic (exact) mass is 324 g/mol. The number of rotatable bonds is 6. The lowest BCUT2D eigenvalue weighted by Gasteiger charge is -2.19. The molecule has 0 bridgehead atoms. The van der Waals surface area contributed by atoms with Crippen LogP contribution in [-0.4, -0.2) is 30.4 Å². The molecule has 0 aliphatic heterocycles. The Balaban J connectivity index is 2.21. The molecule has 0 aromatic heterocycles. The van der Waals surface area contributed by atoms with Gasteiger partial charge in [0.1, 0.15) is 5.60 Å². The number of benzene rings is 1. The molecule has 0 saturated heterocycles. The lowest BCUT2D eigenvalue weighted by molar-refractivity contribution is -0.154. The van der Waals surface area contributed by atoms with E-state index in [9.17, 15) is 9.59 Å². The number of urea groups is 1. The van der Waals surface area contributed by atoms with E-state index >= 15 is 0 Å². The second-order valence-corrected chi connectivity index (χ2v) is 6.68. The van der Waals surface area contributed by atoms with Gasteiger partial charge in [-0.15, -0.1) is 11.8 Å². The van der Waals surface area contributed by atoms with Crippen LogP contribution in [0.5, 0.6) is 0 Å². The minimum atomic E-state index is -0.467. The zero-order valence-corrected chi connectivity index (χ0v) is 14.4. The predicted octanol–water partition coefficient (Wildman–Crippen LogP) is 3.65. The Bertz CT molecular complexity index is 495. The van der Waals surface area contributed by atoms with Crippen LogP contribution in [-0.2, 0) is 9.53 Å². The highest BCUT2D eigenvalue weighted by atomic mass is 32.2. The molecule has 0 atom stereocenters. The number of carbonyl (C=O) groups is 2. The van der Waals surface area contributed by atoms with E-state index in [1.54, 1.807) is 11.8 Å². The Morgan fingerprint density at radius 3 is 2.36 bits per heavy atom. The highest BCUT2D eigenvalue weighted by Crippen LogP contribution is 2.17. The molecule has 0 unspecified atom stereocenters. The highest BCUT2D eigenvalue weighted by Gasteiger charge is 2.15. The molecular formula is C16H24N2O3S. The number of carbonyl (C=O) groups excluding carboxylic acids is 2. The zero-order valence-electron chi connectivity index (χ0n) is 13.6. The van der Waals surface area contributed by atoms with Crippen LogP contribution in [0.15, 0.2) is 29.2 Å². The molecule has 0 spiro atoms. The Hall–Kier alpha value is -1.69. The van der Waals surface area contributed by atoms with Gasteiger partial charge in [0.05, 0.1) is 0 Å². The molecule has 0 aliphatic rings. The molecule has 2 amide bonds. The maximum Gasteiger partial charge on any atom is 0.319 e. The molecule has 0 radical (unpaired) electrons. The van der Waals surface area contributed by atoms with Gasteiger partial charge in [-0.05, 0) is 57.7 Å². The summed E-state index contributed by atoms with van der Waals surface area (Å²) in [4.78, 5) is 24.3. The largest absolute Gasteiger partial charge is 0.460 e. The Morgan fingerprint density at radius 1 is 1.18 bits per heavy atom. The van der Waals surface area contributed by atoms with Crippen LogP contribution in [0.2, 0.25) is 0 Å². The second kappa shape index (κ2) is 8.68. The maximum atomic E-state index is 11.7. The molecule has 0 fully saturated rings. The number of amides is 2. The number of ether oxygens (including phenoxy) is 1. The lowest BCUT2D eigenvalue weighted by atomic mass is 10.2. The van der Waals surface area contributed by atoms with Crippen molar-refractivity contribution in [1.82, 2.24) is 5.32 Å². The zero-order chi connectivity index (χ0) is 16.6. The van der Waals surface area contributed by atoms with E-state index in [2.05, 4.69) is 10.6 Å². The van der Waals surface area contributed by atoms with Crippen molar-refractivity contribution in [1.29, 1.82) is 0 Å². The number of hydrogen-bond acceptors (Lipinski definition) is 4. The molecule has 22 heavy (non-hydrogen) atoms. The van der Waals surface area contributed by atoms with Gasteiger partial charge in [0.25, 0.3) is 0 Å². The number of anilines is 1. The molecule has 6 heteroatoms. The van der Waals surface area contributed by atoms with Gasteiger partial charge < -0.3 is 15.4 Å². The van der Waals surface area contributed by atoms with Gasteiger partial charge in [-0.25, -0.2) is 4.79 Å². The quantitative estimate of drug-likeness (QED) is 0.476. The summed E-state index contributed by atoms with van der Waals surface area (Å²) in [6.45, 7) is 5.92. The van der Waals surface area contributed by atoms with Gasteiger partial charge in [0.2, 0.25) is 0 Å². The minimum Gasteiger partial charge on any atom is -0.460 e. The fourth-order valence-corrected chi connectivity index (χ4v) is 2.09. The minimum absolute atomic E-state index is 0.248. The number of esters is 1. The van der Waals surface area contributed by atoms with Crippen molar-refractivity contribution < 1.29 is 14.3 Å². The standard InChI is InChI=1S/C16H24N2O3S/c1-16(2,3)21-14(19)6-5-11-17-15(20)18-12-7-9-13(22-4)10-8-12/h7-10H,5-6,11H2,1-4H3,(H2,17,18,20). The van der Waals surface area contributed by atoms with Gasteiger partial charge in [0.15, 0.2) is 0 Å². The van der Waals surface area contributed by atoms with Crippen molar-refractivity contribution >= 4 is 29.4 Å². The summed E-state index contributed by atoms with van der Waals surface area (Å²) in [5.74, 6) is -0.248. The van der Waals surface area contributed by atoms with E-state index in [0.29, 0.717) is 19.4 Å². The summed E-state index contributed by atoms with van der Waals surface area (Å²) in [7, 11) is 0. The van der Waals surface area contributed by atoms with Crippen LogP contribution in [0.4, 0.5) is 10.5 Å². The first-order valence-corrected chi connectivity index (χ1v) is 8.43. The normalized spacial score (nSPS) is 10.9. The Kier molecular flexibility index (Phi) is 7.24. The summed E-state index contributed by atoms with van der Waals surface area (Å²) < 4.78 is 5.19. The molecule has 5 nitrogen and oxygen atoms in total. The molecule has 1 aromatic rings. The predicted molar refractivity (Wildman–Crippen MR) is 90.3 cm³/mol. The van der Waals surface area contributed by atoms with Crippen LogP contribution in [0.1, 0.15) is 33.6 Å². The molecular weight excluding hydrogens is 300 g/mol. The SMILES string of the molecule is CSc1ccc(NC(=O)NCCCC(=O)OC(C)(C)C)cc1. The summed E-state index contributed by atoms with van der Waals surface area (Å²) >= 11 is 1.65. The van der Waals surface area contributed by atoms with E-state index < -0.39 is 5.60 Å². The fraction of sp³-hybridized carbons (Fsp3) is 0.500. The average molecular weight is 324 g/mol. The first-order chi connectivity index (χ1) is 10.3. The van der Waals surface area contributed by atoms with Crippen molar-refractivity contribution in [2.75, 3.05) is 18.1 Å². The molecule has 2 N–H and O–H groups in total. The van der Waals surface area contributed by atoms with Crippen molar-refractivity contribution in [3.05, 3.63) is 24.3 Å².